The molecule has 350 valence electrons. The number of aliphatic hydroxyl groups excluding tert-OH is 1. The van der Waals surface area contributed by atoms with Crippen molar-refractivity contribution < 1.29 is 74.9 Å². The van der Waals surface area contributed by atoms with Crippen LogP contribution in [0.15, 0.2) is 60.7 Å². The SMILES string of the molecule is Cc1cc(OC(F)F)cc2c1C(=O)O[C@@H](C)[C@H](C)/C=C\C(=O)[C@H]1OC(C)(C)O[C@H]1C/C=C/2.Cc1cc(OC(F)F)cc2c1C(=O)O[C@@H](C)[C@H](C)/C=C\C(O)[C@H]1OC(C)(C)O[C@H]1C/C=C/2. The highest BCUT2D eigenvalue weighted by Crippen LogP contribution is 2.35. The standard InChI is InChI=1S/C24H30F2O6.C24H28F2O6/c2*1-13-9-10-18(27)21-19(31-24(4,5)32-21)8-6-7-16-12-17(30-23(25)26)11-14(2)20(16)22(28)29-15(13)3/h6-7,9-13,15,18-19,21,23,27H,8H2,1-5H3;6-7,9-13,15,19,21,23H,8H2,1-5H3/b2*7-6+,10-9-/t13-,15+,18?,19+,21-;13-,15+,19+,21-/m11/s1. The Hall–Kier alpha value is -4.87. The van der Waals surface area contributed by atoms with Gasteiger partial charge in [0.25, 0.3) is 0 Å². The van der Waals surface area contributed by atoms with E-state index >= 15 is 0 Å². The minimum atomic E-state index is -2.99. The van der Waals surface area contributed by atoms with E-state index in [1.807, 2.05) is 13.8 Å². The fourth-order valence-corrected chi connectivity index (χ4v) is 7.69. The number of ketones is 1. The van der Waals surface area contributed by atoms with Crippen molar-refractivity contribution in [2.45, 2.75) is 150 Å². The molecule has 6 rings (SSSR count). The number of rotatable bonds is 4. The van der Waals surface area contributed by atoms with Crippen LogP contribution in [0.4, 0.5) is 17.6 Å². The molecule has 1 N–H and O–H groups in total. The molecule has 0 radical (unpaired) electrons. The van der Waals surface area contributed by atoms with Crippen LogP contribution in [0.5, 0.6) is 11.5 Å². The number of aryl methyl sites for hydroxylation is 2. The van der Waals surface area contributed by atoms with E-state index in [0.29, 0.717) is 35.1 Å². The van der Waals surface area contributed by atoms with Crippen LogP contribution in [-0.4, -0.2) is 90.4 Å². The summed E-state index contributed by atoms with van der Waals surface area (Å²) in [7, 11) is 0. The van der Waals surface area contributed by atoms with Gasteiger partial charge in [-0.1, -0.05) is 56.4 Å². The van der Waals surface area contributed by atoms with Gasteiger partial charge in [0.2, 0.25) is 0 Å². The average molecular weight is 903 g/mol. The number of carbonyl (C=O) groups excluding carboxylic acids is 3. The molecule has 16 heteroatoms. The summed E-state index contributed by atoms with van der Waals surface area (Å²) in [4.78, 5) is 38.6. The summed E-state index contributed by atoms with van der Waals surface area (Å²) in [5, 5.41) is 10.7. The molecule has 4 aliphatic rings. The second-order valence-electron chi connectivity index (χ2n) is 17.3. The van der Waals surface area contributed by atoms with Crippen molar-refractivity contribution in [3.05, 3.63) is 94.1 Å². The molecule has 0 aromatic heterocycles. The predicted octanol–water partition coefficient (Wildman–Crippen LogP) is 9.47. The van der Waals surface area contributed by atoms with E-state index in [4.69, 9.17) is 28.4 Å². The van der Waals surface area contributed by atoms with Crippen molar-refractivity contribution in [2.75, 3.05) is 0 Å². The van der Waals surface area contributed by atoms with Gasteiger partial charge in [-0.2, -0.15) is 17.6 Å². The molecule has 2 fully saturated rings. The van der Waals surface area contributed by atoms with Gasteiger partial charge in [-0.3, -0.25) is 4.79 Å². The Bertz CT molecular complexity index is 2130. The van der Waals surface area contributed by atoms with Crippen molar-refractivity contribution in [3.8, 4) is 11.5 Å². The fourth-order valence-electron chi connectivity index (χ4n) is 7.69. The molecule has 0 aliphatic carbocycles. The van der Waals surface area contributed by atoms with Crippen LogP contribution in [-0.2, 0) is 33.2 Å². The third-order valence-corrected chi connectivity index (χ3v) is 11.1. The Morgan fingerprint density at radius 3 is 1.58 bits per heavy atom. The predicted molar refractivity (Wildman–Crippen MR) is 228 cm³/mol. The van der Waals surface area contributed by atoms with E-state index in [0.717, 1.165) is 0 Å². The van der Waals surface area contributed by atoms with Crippen LogP contribution in [0.25, 0.3) is 12.2 Å². The van der Waals surface area contributed by atoms with Crippen LogP contribution < -0.4 is 9.47 Å². The third-order valence-electron chi connectivity index (χ3n) is 11.1. The Balaban J connectivity index is 0.000000241. The molecular weight excluding hydrogens is 845 g/mol. The molecule has 64 heavy (non-hydrogen) atoms. The summed E-state index contributed by atoms with van der Waals surface area (Å²) in [5.41, 5.74) is 2.23. The Morgan fingerprint density at radius 2 is 1.08 bits per heavy atom. The largest absolute Gasteiger partial charge is 0.458 e. The summed E-state index contributed by atoms with van der Waals surface area (Å²) in [6, 6.07) is 5.52. The maximum Gasteiger partial charge on any atom is 0.387 e. The smallest absolute Gasteiger partial charge is 0.387 e. The lowest BCUT2D eigenvalue weighted by molar-refractivity contribution is -0.152. The highest BCUT2D eigenvalue weighted by atomic mass is 19.3. The maximum absolute atomic E-state index is 13.0. The molecule has 9 atom stereocenters. The number of alkyl halides is 4. The molecular formula is C48H58F4O12. The number of cyclic esters (lactones) is 2. The normalized spacial score (nSPS) is 31.3. The highest BCUT2D eigenvalue weighted by Gasteiger charge is 2.45. The maximum atomic E-state index is 13.0. The van der Waals surface area contributed by atoms with Crippen LogP contribution in [0.3, 0.4) is 0 Å². The second-order valence-corrected chi connectivity index (χ2v) is 17.3. The highest BCUT2D eigenvalue weighted by molar-refractivity contribution is 5.97. The lowest BCUT2D eigenvalue weighted by atomic mass is 9.97. The van der Waals surface area contributed by atoms with Crippen molar-refractivity contribution >= 4 is 29.9 Å². The van der Waals surface area contributed by atoms with Gasteiger partial charge in [0, 0.05) is 11.8 Å². The zero-order valence-corrected chi connectivity index (χ0v) is 37.6. The molecule has 0 bridgehead atoms. The molecule has 12 nitrogen and oxygen atoms in total. The molecule has 2 aromatic rings. The van der Waals surface area contributed by atoms with E-state index in [-0.39, 0.29) is 40.2 Å². The summed E-state index contributed by atoms with van der Waals surface area (Å²) in [5.74, 6) is -3.71. The third kappa shape index (κ3) is 13.1. The summed E-state index contributed by atoms with van der Waals surface area (Å²) in [6.07, 6.45) is 9.69. The van der Waals surface area contributed by atoms with Gasteiger partial charge < -0.3 is 43.0 Å². The molecule has 0 spiro atoms. The number of hydrogen-bond donors (Lipinski definition) is 1. The van der Waals surface area contributed by atoms with E-state index in [1.54, 1.807) is 97.9 Å². The van der Waals surface area contributed by atoms with Gasteiger partial charge in [0.1, 0.15) is 42.0 Å². The first kappa shape index (κ1) is 50.1. The molecule has 2 aromatic carbocycles. The van der Waals surface area contributed by atoms with E-state index < -0.39 is 79.5 Å². The fraction of sp³-hybridized carbons (Fsp3) is 0.521. The van der Waals surface area contributed by atoms with Crippen molar-refractivity contribution in [2.24, 2.45) is 11.8 Å². The number of esters is 2. The second kappa shape index (κ2) is 21.0. The number of halogens is 4. The lowest BCUT2D eigenvalue weighted by Gasteiger charge is -2.22. The quantitative estimate of drug-likeness (QED) is 0.177. The van der Waals surface area contributed by atoms with Gasteiger partial charge >= 0.3 is 25.2 Å². The number of carbonyl (C=O) groups is 3. The van der Waals surface area contributed by atoms with Gasteiger partial charge in [-0.25, -0.2) is 9.59 Å². The monoisotopic (exact) mass is 902 g/mol. The zero-order chi connectivity index (χ0) is 47.3. The number of aliphatic hydroxyl groups is 1. The number of benzene rings is 2. The molecule has 0 amide bonds. The van der Waals surface area contributed by atoms with E-state index in [1.165, 1.54) is 30.3 Å². The van der Waals surface area contributed by atoms with E-state index in [9.17, 15) is 37.1 Å². The Morgan fingerprint density at radius 1 is 0.625 bits per heavy atom. The average Bonchev–Trinajstić information content (AvgIpc) is 3.67. The molecule has 4 heterocycles. The van der Waals surface area contributed by atoms with Crippen LogP contribution >= 0.6 is 0 Å². The minimum Gasteiger partial charge on any atom is -0.458 e. The molecule has 0 saturated carbocycles. The first-order chi connectivity index (χ1) is 29.9. The molecule has 1 unspecified atom stereocenters. The lowest BCUT2D eigenvalue weighted by Crippen LogP contribution is -2.34. The van der Waals surface area contributed by atoms with Crippen molar-refractivity contribution in [1.82, 2.24) is 0 Å². The summed E-state index contributed by atoms with van der Waals surface area (Å²) < 4.78 is 95.0. The van der Waals surface area contributed by atoms with Crippen LogP contribution in [0.2, 0.25) is 0 Å². The van der Waals surface area contributed by atoms with Gasteiger partial charge in [-0.05, 0) is 121 Å². The molecule has 2 saturated heterocycles. The minimum absolute atomic E-state index is 0.0472. The number of hydrogen-bond acceptors (Lipinski definition) is 12. The van der Waals surface area contributed by atoms with Gasteiger partial charge in [-0.15, -0.1) is 0 Å². The Labute approximate surface area is 371 Å². The number of fused-ring (bicyclic) bond motifs is 4. The van der Waals surface area contributed by atoms with Crippen LogP contribution in [0.1, 0.15) is 111 Å². The first-order valence-electron chi connectivity index (χ1n) is 21.2. The molecule has 4 aliphatic heterocycles. The van der Waals surface area contributed by atoms with Crippen molar-refractivity contribution in [1.29, 1.82) is 0 Å². The van der Waals surface area contributed by atoms with Crippen LogP contribution in [0, 0.1) is 25.7 Å². The summed E-state index contributed by atoms with van der Waals surface area (Å²) in [6.45, 7) is 11.5. The first-order valence-corrected chi connectivity index (χ1v) is 21.2. The van der Waals surface area contributed by atoms with Gasteiger partial charge in [0.15, 0.2) is 17.4 Å². The zero-order valence-electron chi connectivity index (χ0n) is 37.6. The Kier molecular flexibility index (Phi) is 16.4. The van der Waals surface area contributed by atoms with Gasteiger partial charge in [0.05, 0.1) is 23.3 Å². The topological polar surface area (TPSA) is 145 Å². The summed E-state index contributed by atoms with van der Waals surface area (Å²) >= 11 is 0. The number of ether oxygens (including phenoxy) is 8. The van der Waals surface area contributed by atoms with E-state index in [2.05, 4.69) is 9.47 Å². The van der Waals surface area contributed by atoms with Crippen molar-refractivity contribution in [3.63, 3.8) is 0 Å².